The quantitative estimate of drug-likeness (QED) is 0.799. The molecular formula is C20H22N2O2. The lowest BCUT2D eigenvalue weighted by Crippen LogP contribution is -2.59. The van der Waals surface area contributed by atoms with Crippen molar-refractivity contribution in [2.45, 2.75) is 32.6 Å². The van der Waals surface area contributed by atoms with E-state index in [2.05, 4.69) is 6.07 Å². The SMILES string of the molecule is CC(=O)N1CC[C@H]2C(C)(C)C(=O)C(C#N)=C[C@]2(c2ccccc2)C1. The van der Waals surface area contributed by atoms with E-state index in [9.17, 15) is 14.9 Å². The fourth-order valence-electron chi connectivity index (χ4n) is 4.50. The fourth-order valence-corrected chi connectivity index (χ4v) is 4.50. The molecule has 1 aliphatic carbocycles. The van der Waals surface area contributed by atoms with Gasteiger partial charge in [-0.2, -0.15) is 5.26 Å². The second kappa shape index (κ2) is 5.59. The Kier molecular flexibility index (Phi) is 3.83. The molecule has 0 bridgehead atoms. The third-order valence-corrected chi connectivity index (χ3v) is 5.74. The van der Waals surface area contributed by atoms with Crippen molar-refractivity contribution < 1.29 is 9.59 Å². The van der Waals surface area contributed by atoms with Gasteiger partial charge in [0.1, 0.15) is 6.07 Å². The lowest BCUT2D eigenvalue weighted by Gasteiger charge is -2.54. The summed E-state index contributed by atoms with van der Waals surface area (Å²) >= 11 is 0. The van der Waals surface area contributed by atoms with Crippen LogP contribution in [0.15, 0.2) is 42.0 Å². The van der Waals surface area contributed by atoms with Crippen LogP contribution in [0, 0.1) is 22.7 Å². The van der Waals surface area contributed by atoms with Gasteiger partial charge in [0.05, 0.1) is 5.57 Å². The first kappa shape index (κ1) is 16.4. The number of amides is 1. The van der Waals surface area contributed by atoms with E-state index in [1.807, 2.05) is 55.2 Å². The summed E-state index contributed by atoms with van der Waals surface area (Å²) in [5.41, 5.74) is 0.159. The maximum absolute atomic E-state index is 12.8. The molecule has 0 saturated carbocycles. The maximum Gasteiger partial charge on any atom is 0.219 e. The number of benzene rings is 1. The van der Waals surface area contributed by atoms with E-state index in [1.165, 1.54) is 0 Å². The van der Waals surface area contributed by atoms with Crippen LogP contribution in [0.25, 0.3) is 0 Å². The highest BCUT2D eigenvalue weighted by Gasteiger charge is 2.56. The van der Waals surface area contributed by atoms with Crippen molar-refractivity contribution in [2.75, 3.05) is 13.1 Å². The smallest absolute Gasteiger partial charge is 0.219 e. The number of hydrogen-bond acceptors (Lipinski definition) is 3. The second-order valence-electron chi connectivity index (χ2n) is 7.41. The summed E-state index contributed by atoms with van der Waals surface area (Å²) < 4.78 is 0. The Bertz CT molecular complexity index is 758. The van der Waals surface area contributed by atoms with Crippen LogP contribution < -0.4 is 0 Å². The monoisotopic (exact) mass is 322 g/mol. The molecular weight excluding hydrogens is 300 g/mol. The van der Waals surface area contributed by atoms with E-state index in [-0.39, 0.29) is 23.2 Å². The fraction of sp³-hybridized carbons (Fsp3) is 0.450. The van der Waals surface area contributed by atoms with Gasteiger partial charge in [-0.15, -0.1) is 0 Å². The van der Waals surface area contributed by atoms with Gasteiger partial charge in [-0.05, 0) is 17.9 Å². The Morgan fingerprint density at radius 3 is 2.54 bits per heavy atom. The van der Waals surface area contributed by atoms with E-state index in [0.717, 1.165) is 12.0 Å². The van der Waals surface area contributed by atoms with Gasteiger partial charge in [-0.25, -0.2) is 0 Å². The standard InChI is InChI=1S/C20H22N2O2/c1-14(23)22-10-9-17-19(2,3)18(24)15(12-21)11-20(17,13-22)16-7-5-4-6-8-16/h4-8,11,17H,9-10,13H2,1-3H3/t17-,20+/m0/s1. The summed E-state index contributed by atoms with van der Waals surface area (Å²) in [5, 5.41) is 9.50. The molecule has 2 atom stereocenters. The van der Waals surface area contributed by atoms with E-state index >= 15 is 0 Å². The molecule has 1 aromatic carbocycles. The lowest BCUT2D eigenvalue weighted by molar-refractivity contribution is -0.136. The van der Waals surface area contributed by atoms with Crippen molar-refractivity contribution in [3.8, 4) is 6.07 Å². The summed E-state index contributed by atoms with van der Waals surface area (Å²) in [5.74, 6) is 0.0100. The number of allylic oxidation sites excluding steroid dienone is 1. The minimum absolute atomic E-state index is 0.0327. The molecule has 1 amide bonds. The van der Waals surface area contributed by atoms with Crippen LogP contribution in [0.1, 0.15) is 32.8 Å². The van der Waals surface area contributed by atoms with Crippen molar-refractivity contribution in [1.29, 1.82) is 5.26 Å². The van der Waals surface area contributed by atoms with Gasteiger partial charge < -0.3 is 4.90 Å². The van der Waals surface area contributed by atoms with E-state index in [0.29, 0.717) is 13.1 Å². The van der Waals surface area contributed by atoms with Crippen LogP contribution >= 0.6 is 0 Å². The molecule has 1 fully saturated rings. The van der Waals surface area contributed by atoms with Crippen molar-refractivity contribution >= 4 is 11.7 Å². The normalized spacial score (nSPS) is 28.6. The Morgan fingerprint density at radius 1 is 1.29 bits per heavy atom. The molecule has 3 rings (SSSR count). The highest BCUT2D eigenvalue weighted by atomic mass is 16.2. The van der Waals surface area contributed by atoms with E-state index in [1.54, 1.807) is 6.92 Å². The highest BCUT2D eigenvalue weighted by molar-refractivity contribution is 6.04. The molecule has 4 nitrogen and oxygen atoms in total. The van der Waals surface area contributed by atoms with Gasteiger partial charge >= 0.3 is 0 Å². The minimum atomic E-state index is -0.626. The van der Waals surface area contributed by atoms with Gasteiger partial charge in [0.25, 0.3) is 0 Å². The molecule has 0 unspecified atom stereocenters. The zero-order valence-electron chi connectivity index (χ0n) is 14.4. The molecule has 24 heavy (non-hydrogen) atoms. The number of hydrogen-bond donors (Lipinski definition) is 0. The van der Waals surface area contributed by atoms with Crippen LogP contribution in [-0.2, 0) is 15.0 Å². The number of carbonyl (C=O) groups excluding carboxylic acids is 2. The van der Waals surface area contributed by atoms with Crippen molar-refractivity contribution in [2.24, 2.45) is 11.3 Å². The number of fused-ring (bicyclic) bond motifs is 1. The van der Waals surface area contributed by atoms with Gasteiger partial charge in [-0.3, -0.25) is 9.59 Å². The van der Waals surface area contributed by atoms with E-state index in [4.69, 9.17) is 0 Å². The minimum Gasteiger partial charge on any atom is -0.342 e. The summed E-state index contributed by atoms with van der Waals surface area (Å²) in [7, 11) is 0. The van der Waals surface area contributed by atoms with Gasteiger partial charge in [0.15, 0.2) is 5.78 Å². The Balaban J connectivity index is 2.25. The predicted octanol–water partition coefficient (Wildman–Crippen LogP) is 2.85. The predicted molar refractivity (Wildman–Crippen MR) is 91.0 cm³/mol. The number of piperidine rings is 1. The molecule has 0 N–H and O–H groups in total. The molecule has 1 saturated heterocycles. The van der Waals surface area contributed by atoms with Crippen LogP contribution in [0.5, 0.6) is 0 Å². The molecule has 0 aromatic heterocycles. The first-order valence-corrected chi connectivity index (χ1v) is 8.32. The number of Topliss-reactive ketones (excluding diaryl/α,β-unsaturated/α-hetero) is 1. The number of nitrogens with zero attached hydrogens (tertiary/aromatic N) is 2. The molecule has 1 aliphatic heterocycles. The first-order chi connectivity index (χ1) is 11.3. The molecule has 0 radical (unpaired) electrons. The topological polar surface area (TPSA) is 61.2 Å². The number of likely N-dealkylation sites (tertiary alicyclic amines) is 1. The number of nitriles is 1. The molecule has 2 aliphatic rings. The van der Waals surface area contributed by atoms with Gasteiger partial charge in [0, 0.05) is 30.8 Å². The second-order valence-corrected chi connectivity index (χ2v) is 7.41. The molecule has 1 aromatic rings. The first-order valence-electron chi connectivity index (χ1n) is 8.32. The zero-order chi connectivity index (χ0) is 17.5. The third-order valence-electron chi connectivity index (χ3n) is 5.74. The van der Waals surface area contributed by atoms with Crippen LogP contribution in [0.4, 0.5) is 0 Å². The Labute approximate surface area is 142 Å². The van der Waals surface area contributed by atoms with Crippen molar-refractivity contribution in [1.82, 2.24) is 4.90 Å². The number of ketones is 1. The summed E-state index contributed by atoms with van der Waals surface area (Å²) in [6.45, 7) is 6.61. The van der Waals surface area contributed by atoms with Crippen LogP contribution in [0.2, 0.25) is 0 Å². The summed E-state index contributed by atoms with van der Waals surface area (Å²) in [6.07, 6.45) is 2.58. The van der Waals surface area contributed by atoms with Gasteiger partial charge in [-0.1, -0.05) is 50.3 Å². The molecule has 124 valence electrons. The van der Waals surface area contributed by atoms with Crippen LogP contribution in [-0.4, -0.2) is 29.7 Å². The largest absolute Gasteiger partial charge is 0.342 e. The molecule has 1 heterocycles. The van der Waals surface area contributed by atoms with Crippen molar-refractivity contribution in [3.05, 3.63) is 47.5 Å². The number of carbonyl (C=O) groups is 2. The average molecular weight is 322 g/mol. The van der Waals surface area contributed by atoms with Crippen LogP contribution in [0.3, 0.4) is 0 Å². The maximum atomic E-state index is 12.8. The Hall–Kier alpha value is -2.41. The highest BCUT2D eigenvalue weighted by Crippen LogP contribution is 2.53. The molecule has 0 spiro atoms. The summed E-state index contributed by atoms with van der Waals surface area (Å²) in [4.78, 5) is 26.6. The zero-order valence-corrected chi connectivity index (χ0v) is 14.4. The number of rotatable bonds is 1. The Morgan fingerprint density at radius 2 is 1.96 bits per heavy atom. The summed E-state index contributed by atoms with van der Waals surface area (Å²) in [6, 6.07) is 12.1. The average Bonchev–Trinajstić information content (AvgIpc) is 2.58. The van der Waals surface area contributed by atoms with Crippen molar-refractivity contribution in [3.63, 3.8) is 0 Å². The van der Waals surface area contributed by atoms with Gasteiger partial charge in [0.2, 0.25) is 5.91 Å². The lowest BCUT2D eigenvalue weighted by atomic mass is 9.52. The third kappa shape index (κ3) is 2.27. The molecule has 4 heteroatoms. The van der Waals surface area contributed by atoms with E-state index < -0.39 is 10.8 Å².